The predicted octanol–water partition coefficient (Wildman–Crippen LogP) is 3.31. The lowest BCUT2D eigenvalue weighted by molar-refractivity contribution is -0.384. The van der Waals surface area contributed by atoms with Gasteiger partial charge in [-0.1, -0.05) is 6.07 Å². The first kappa shape index (κ1) is 20.2. The van der Waals surface area contributed by atoms with Crippen molar-refractivity contribution in [1.82, 2.24) is 9.78 Å². The lowest BCUT2D eigenvalue weighted by Gasteiger charge is -2.10. The average Bonchev–Trinajstić information content (AvgIpc) is 3.24. The number of nitrogens with one attached hydrogen (secondary N) is 1. The molecule has 0 bridgehead atoms. The van der Waals surface area contributed by atoms with E-state index in [0.717, 1.165) is 4.88 Å². The van der Waals surface area contributed by atoms with E-state index in [1.807, 2.05) is 17.5 Å². The number of methoxy groups -OCH3 is 1. The van der Waals surface area contributed by atoms with Crippen molar-refractivity contribution in [2.45, 2.75) is 19.4 Å². The number of aryl methyl sites for hydroxylation is 1. The molecule has 0 radical (unpaired) electrons. The van der Waals surface area contributed by atoms with Crippen molar-refractivity contribution in [2.75, 3.05) is 12.4 Å². The average molecular weight is 414 g/mol. The first-order chi connectivity index (χ1) is 14.0. The second kappa shape index (κ2) is 9.11. The van der Waals surface area contributed by atoms with E-state index in [1.54, 1.807) is 6.07 Å². The lowest BCUT2D eigenvalue weighted by Crippen LogP contribution is -2.23. The molecule has 0 aliphatic rings. The van der Waals surface area contributed by atoms with E-state index >= 15 is 0 Å². The van der Waals surface area contributed by atoms with E-state index in [1.165, 1.54) is 47.4 Å². The number of nitro groups is 1. The van der Waals surface area contributed by atoms with Crippen LogP contribution in [-0.4, -0.2) is 27.7 Å². The number of rotatable bonds is 8. The van der Waals surface area contributed by atoms with Crippen LogP contribution in [0.5, 0.6) is 5.75 Å². The van der Waals surface area contributed by atoms with Gasteiger partial charge in [-0.25, -0.2) is 4.68 Å². The Morgan fingerprint density at radius 3 is 2.83 bits per heavy atom. The summed E-state index contributed by atoms with van der Waals surface area (Å²) < 4.78 is 6.46. The Hall–Kier alpha value is -3.53. The van der Waals surface area contributed by atoms with Gasteiger partial charge in [0, 0.05) is 31.2 Å². The van der Waals surface area contributed by atoms with Crippen LogP contribution in [0.4, 0.5) is 11.4 Å². The molecule has 0 spiro atoms. The van der Waals surface area contributed by atoms with Crippen molar-refractivity contribution < 1.29 is 14.5 Å². The molecule has 0 saturated carbocycles. The monoisotopic (exact) mass is 414 g/mol. The highest BCUT2D eigenvalue weighted by Gasteiger charge is 2.14. The Kier molecular flexibility index (Phi) is 6.35. The lowest BCUT2D eigenvalue weighted by atomic mass is 10.2. The minimum absolute atomic E-state index is 0.114. The summed E-state index contributed by atoms with van der Waals surface area (Å²) in [5, 5.41) is 19.8. The molecule has 3 rings (SSSR count). The van der Waals surface area contributed by atoms with Crippen LogP contribution in [0.25, 0.3) is 10.6 Å². The van der Waals surface area contributed by atoms with Crippen molar-refractivity contribution in [2.24, 2.45) is 0 Å². The summed E-state index contributed by atoms with van der Waals surface area (Å²) in [6.45, 7) is 0.275. The van der Waals surface area contributed by atoms with Gasteiger partial charge in [0.1, 0.15) is 11.4 Å². The summed E-state index contributed by atoms with van der Waals surface area (Å²) in [6, 6.07) is 10.9. The summed E-state index contributed by atoms with van der Waals surface area (Å²) in [7, 11) is 1.41. The van der Waals surface area contributed by atoms with Crippen molar-refractivity contribution >= 4 is 28.6 Å². The summed E-state index contributed by atoms with van der Waals surface area (Å²) in [5.41, 5.74) is 0.528. The van der Waals surface area contributed by atoms with Gasteiger partial charge in [-0.2, -0.15) is 5.10 Å². The number of hydrogen-bond donors (Lipinski definition) is 1. The second-order valence-electron chi connectivity index (χ2n) is 6.05. The Morgan fingerprint density at radius 2 is 2.14 bits per heavy atom. The molecule has 0 saturated heterocycles. The SMILES string of the molecule is COc1ccc([N+](=O)[O-])cc1NC(=O)CCCn1nc(-c2cccs2)ccc1=O. The molecule has 0 aliphatic heterocycles. The fourth-order valence-electron chi connectivity index (χ4n) is 2.67. The van der Waals surface area contributed by atoms with Gasteiger partial charge < -0.3 is 10.1 Å². The van der Waals surface area contributed by atoms with Crippen LogP contribution < -0.4 is 15.6 Å². The smallest absolute Gasteiger partial charge is 0.271 e. The van der Waals surface area contributed by atoms with Crippen LogP contribution in [0.15, 0.2) is 52.6 Å². The van der Waals surface area contributed by atoms with Crippen molar-refractivity contribution in [3.05, 3.63) is 68.3 Å². The molecule has 0 aliphatic carbocycles. The molecule has 3 aromatic rings. The third-order valence-corrected chi connectivity index (χ3v) is 4.97. The molecular weight excluding hydrogens is 396 g/mol. The van der Waals surface area contributed by atoms with E-state index in [9.17, 15) is 19.7 Å². The molecule has 2 heterocycles. The Balaban J connectivity index is 1.62. The van der Waals surface area contributed by atoms with E-state index < -0.39 is 4.92 Å². The number of benzene rings is 1. The third-order valence-electron chi connectivity index (χ3n) is 4.08. The first-order valence-corrected chi connectivity index (χ1v) is 9.60. The fraction of sp³-hybridized carbons (Fsp3) is 0.211. The molecule has 9 nitrogen and oxygen atoms in total. The van der Waals surface area contributed by atoms with Crippen LogP contribution in [0.3, 0.4) is 0 Å². The minimum atomic E-state index is -0.548. The van der Waals surface area contributed by atoms with Gasteiger partial charge in [-0.05, 0) is 30.0 Å². The first-order valence-electron chi connectivity index (χ1n) is 8.72. The molecule has 1 aromatic carbocycles. The van der Waals surface area contributed by atoms with Gasteiger partial charge in [0.15, 0.2) is 0 Å². The summed E-state index contributed by atoms with van der Waals surface area (Å²) >= 11 is 1.53. The van der Waals surface area contributed by atoms with Gasteiger partial charge in [0.2, 0.25) is 5.91 Å². The maximum absolute atomic E-state index is 12.2. The molecule has 2 aromatic heterocycles. The standard InChI is InChI=1S/C19H18N4O5S/c1-28-16-8-6-13(23(26)27)12-15(16)20-18(24)5-2-10-22-19(25)9-7-14(21-22)17-4-3-11-29-17/h3-4,6-9,11-12H,2,5,10H2,1H3,(H,20,24). The number of anilines is 1. The molecule has 1 amide bonds. The van der Waals surface area contributed by atoms with Gasteiger partial charge in [-0.3, -0.25) is 19.7 Å². The van der Waals surface area contributed by atoms with E-state index in [-0.39, 0.29) is 35.8 Å². The maximum atomic E-state index is 12.2. The number of ether oxygens (including phenoxy) is 1. The molecular formula is C19H18N4O5S. The Bertz CT molecular complexity index is 1080. The number of thiophene rings is 1. The van der Waals surface area contributed by atoms with E-state index in [0.29, 0.717) is 17.9 Å². The highest BCUT2D eigenvalue weighted by Crippen LogP contribution is 2.29. The van der Waals surface area contributed by atoms with Gasteiger partial charge in [0.25, 0.3) is 11.2 Å². The van der Waals surface area contributed by atoms with Crippen LogP contribution in [-0.2, 0) is 11.3 Å². The molecule has 0 atom stereocenters. The quantitative estimate of drug-likeness (QED) is 0.446. The second-order valence-corrected chi connectivity index (χ2v) is 7.00. The zero-order valence-electron chi connectivity index (χ0n) is 15.5. The summed E-state index contributed by atoms with van der Waals surface area (Å²) in [6.07, 6.45) is 0.493. The number of carbonyl (C=O) groups is 1. The number of aromatic nitrogens is 2. The molecule has 10 heteroatoms. The van der Waals surface area contributed by atoms with Crippen LogP contribution >= 0.6 is 11.3 Å². The van der Waals surface area contributed by atoms with Crippen molar-refractivity contribution in [3.8, 4) is 16.3 Å². The zero-order valence-corrected chi connectivity index (χ0v) is 16.3. The van der Waals surface area contributed by atoms with E-state index in [4.69, 9.17) is 4.74 Å². The van der Waals surface area contributed by atoms with Gasteiger partial charge >= 0.3 is 0 Å². The number of non-ortho nitro benzene ring substituents is 1. The molecule has 0 fully saturated rings. The van der Waals surface area contributed by atoms with Gasteiger partial charge in [-0.15, -0.1) is 11.3 Å². The maximum Gasteiger partial charge on any atom is 0.271 e. The topological polar surface area (TPSA) is 116 Å². The molecule has 0 unspecified atom stereocenters. The summed E-state index contributed by atoms with van der Waals surface area (Å²) in [4.78, 5) is 35.6. The highest BCUT2D eigenvalue weighted by molar-refractivity contribution is 7.13. The highest BCUT2D eigenvalue weighted by atomic mass is 32.1. The minimum Gasteiger partial charge on any atom is -0.495 e. The predicted molar refractivity (Wildman–Crippen MR) is 109 cm³/mol. The van der Waals surface area contributed by atoms with Gasteiger partial charge in [0.05, 0.1) is 22.6 Å². The number of amides is 1. The van der Waals surface area contributed by atoms with Crippen LogP contribution in [0.1, 0.15) is 12.8 Å². The number of nitro benzene ring substituents is 1. The number of carbonyl (C=O) groups excluding carboxylic acids is 1. The number of nitrogens with zero attached hydrogens (tertiary/aromatic N) is 3. The Labute approximate surface area is 169 Å². The third kappa shape index (κ3) is 5.05. The number of hydrogen-bond acceptors (Lipinski definition) is 7. The van der Waals surface area contributed by atoms with Crippen LogP contribution in [0.2, 0.25) is 0 Å². The van der Waals surface area contributed by atoms with Crippen LogP contribution in [0, 0.1) is 10.1 Å². The normalized spacial score (nSPS) is 10.5. The Morgan fingerprint density at radius 1 is 1.31 bits per heavy atom. The summed E-state index contributed by atoms with van der Waals surface area (Å²) in [5.74, 6) is -0.0169. The molecule has 1 N–H and O–H groups in total. The van der Waals surface area contributed by atoms with E-state index in [2.05, 4.69) is 10.4 Å². The van der Waals surface area contributed by atoms with Crippen molar-refractivity contribution in [1.29, 1.82) is 0 Å². The van der Waals surface area contributed by atoms with Crippen molar-refractivity contribution in [3.63, 3.8) is 0 Å². The molecule has 150 valence electrons. The fourth-order valence-corrected chi connectivity index (χ4v) is 3.36. The molecule has 29 heavy (non-hydrogen) atoms. The largest absolute Gasteiger partial charge is 0.495 e. The zero-order chi connectivity index (χ0) is 20.8.